The number of nitrogens with one attached hydrogen (secondary N) is 1. The van der Waals surface area contributed by atoms with Crippen LogP contribution >= 0.6 is 34.5 Å². The zero-order valence-electron chi connectivity index (χ0n) is 16.1. The number of halogens is 5. The zero-order valence-corrected chi connectivity index (χ0v) is 18.5. The van der Waals surface area contributed by atoms with Crippen molar-refractivity contribution < 1.29 is 18.0 Å². The van der Waals surface area contributed by atoms with E-state index in [4.69, 9.17) is 28.9 Å². The maximum Gasteiger partial charge on any atom is 0.471 e. The lowest BCUT2D eigenvalue weighted by Gasteiger charge is -2.36. The minimum atomic E-state index is -5.09. The Morgan fingerprint density at radius 1 is 1.29 bits per heavy atom. The first-order valence-electron chi connectivity index (χ1n) is 9.22. The van der Waals surface area contributed by atoms with E-state index in [1.807, 2.05) is 17.1 Å². The number of anilines is 2. The smallest absolute Gasteiger partial charge is 0.347 e. The summed E-state index contributed by atoms with van der Waals surface area (Å²) in [7, 11) is 0. The lowest BCUT2D eigenvalue weighted by molar-refractivity contribution is -0.167. The molecule has 3 aromatic rings. The van der Waals surface area contributed by atoms with E-state index in [2.05, 4.69) is 10.1 Å². The molecule has 0 aliphatic carbocycles. The molecule has 1 amide bonds. The number of imidazole rings is 1. The van der Waals surface area contributed by atoms with Gasteiger partial charge in [0, 0.05) is 24.2 Å². The molecule has 7 nitrogen and oxygen atoms in total. The van der Waals surface area contributed by atoms with Gasteiger partial charge in [-0.15, -0.1) is 5.10 Å². The van der Waals surface area contributed by atoms with Gasteiger partial charge in [0.25, 0.3) is 0 Å². The molecule has 13 heteroatoms. The average Bonchev–Trinajstić information content (AvgIpc) is 3.22. The second-order valence-electron chi connectivity index (χ2n) is 7.58. The van der Waals surface area contributed by atoms with Crippen molar-refractivity contribution in [1.29, 1.82) is 0 Å². The third kappa shape index (κ3) is 4.32. The quantitative estimate of drug-likeness (QED) is 0.558. The molecule has 3 N–H and O–H groups in total. The Kier molecular flexibility index (Phi) is 5.57. The lowest BCUT2D eigenvalue weighted by atomic mass is 9.91. The summed E-state index contributed by atoms with van der Waals surface area (Å²) in [6.07, 6.45) is -3.59. The van der Waals surface area contributed by atoms with Crippen molar-refractivity contribution in [2.75, 3.05) is 23.3 Å². The van der Waals surface area contributed by atoms with Gasteiger partial charge in [-0.1, -0.05) is 46.7 Å². The van der Waals surface area contributed by atoms with E-state index in [9.17, 15) is 18.0 Å². The first-order valence-corrected chi connectivity index (χ1v) is 10.8. The highest BCUT2D eigenvalue weighted by Gasteiger charge is 2.40. The first-order chi connectivity index (χ1) is 14.5. The van der Waals surface area contributed by atoms with Crippen LogP contribution in [0.4, 0.5) is 24.1 Å². The van der Waals surface area contributed by atoms with Crippen molar-refractivity contribution in [1.82, 2.24) is 14.6 Å². The van der Waals surface area contributed by atoms with Crippen LogP contribution in [0, 0.1) is 0 Å². The van der Waals surface area contributed by atoms with E-state index >= 15 is 0 Å². The van der Waals surface area contributed by atoms with E-state index < -0.39 is 12.1 Å². The van der Waals surface area contributed by atoms with Gasteiger partial charge in [0.2, 0.25) is 10.1 Å². The molecule has 4 rings (SSSR count). The first kappa shape index (κ1) is 22.1. The Balaban J connectivity index is 1.79. The largest absolute Gasteiger partial charge is 0.471 e. The number of aromatic nitrogens is 3. The fourth-order valence-corrected chi connectivity index (χ4v) is 4.58. The summed E-state index contributed by atoms with van der Waals surface area (Å²) in [6, 6.07) is 4.68. The lowest BCUT2D eigenvalue weighted by Crippen LogP contribution is -2.48. The number of rotatable bonds is 3. The molecule has 3 heterocycles. The van der Waals surface area contributed by atoms with Gasteiger partial charge in [-0.3, -0.25) is 4.79 Å². The van der Waals surface area contributed by atoms with Gasteiger partial charge in [0.1, 0.15) is 5.69 Å². The summed E-state index contributed by atoms with van der Waals surface area (Å²) in [5.41, 5.74) is 6.22. The molecule has 1 saturated heterocycles. The molecule has 1 aromatic carbocycles. The SMILES string of the molecule is CC1(N)CCN(c2nn3c(NC(=O)C(F)(F)F)c(-c4cccc(Cl)c4Cl)nc3s2)CC1. The average molecular weight is 493 g/mol. The fraction of sp³-hybridized carbons (Fsp3) is 0.389. The number of nitrogens with zero attached hydrogens (tertiary/aromatic N) is 4. The van der Waals surface area contributed by atoms with Crippen LogP contribution in [0.5, 0.6) is 0 Å². The van der Waals surface area contributed by atoms with Gasteiger partial charge < -0.3 is 16.0 Å². The number of fused-ring (bicyclic) bond motifs is 1. The van der Waals surface area contributed by atoms with Crippen LogP contribution in [0.2, 0.25) is 10.0 Å². The number of alkyl halides is 3. The number of piperidine rings is 1. The predicted molar refractivity (Wildman–Crippen MR) is 115 cm³/mol. The van der Waals surface area contributed by atoms with Crippen LogP contribution in [0.25, 0.3) is 16.2 Å². The second-order valence-corrected chi connectivity index (χ2v) is 9.30. The zero-order chi connectivity index (χ0) is 22.6. The van der Waals surface area contributed by atoms with Crippen LogP contribution in [-0.4, -0.2) is 45.3 Å². The molecule has 1 aliphatic rings. The van der Waals surface area contributed by atoms with Crippen molar-refractivity contribution >= 4 is 56.4 Å². The number of hydrogen-bond donors (Lipinski definition) is 2. The Morgan fingerprint density at radius 3 is 2.61 bits per heavy atom. The van der Waals surface area contributed by atoms with Gasteiger partial charge in [0.05, 0.1) is 10.0 Å². The minimum Gasteiger partial charge on any atom is -0.347 e. The third-order valence-corrected chi connectivity index (χ3v) is 6.85. The maximum absolute atomic E-state index is 13.0. The normalized spacial score (nSPS) is 16.7. The number of amides is 1. The van der Waals surface area contributed by atoms with Crippen molar-refractivity contribution in [2.45, 2.75) is 31.5 Å². The Bertz CT molecular complexity index is 1150. The van der Waals surface area contributed by atoms with E-state index in [0.717, 1.165) is 12.8 Å². The highest BCUT2D eigenvalue weighted by atomic mass is 35.5. The molecular formula is C18H17Cl2F3N6OS. The van der Waals surface area contributed by atoms with Crippen LogP contribution in [0.1, 0.15) is 19.8 Å². The molecule has 166 valence electrons. The predicted octanol–water partition coefficient (Wildman–Crippen LogP) is 4.58. The van der Waals surface area contributed by atoms with E-state index in [1.54, 1.807) is 12.1 Å². The summed E-state index contributed by atoms with van der Waals surface area (Å²) in [4.78, 5) is 18.4. The molecule has 0 unspecified atom stereocenters. The molecule has 0 bridgehead atoms. The molecule has 1 fully saturated rings. The minimum absolute atomic E-state index is 0.0450. The Hall–Kier alpha value is -2.08. The summed E-state index contributed by atoms with van der Waals surface area (Å²) < 4.78 is 40.1. The highest BCUT2D eigenvalue weighted by Crippen LogP contribution is 2.40. The molecule has 2 aromatic heterocycles. The summed E-state index contributed by atoms with van der Waals surface area (Å²) in [5, 5.41) is 7.19. The monoisotopic (exact) mass is 492 g/mol. The maximum atomic E-state index is 13.0. The van der Waals surface area contributed by atoms with E-state index in [1.165, 1.54) is 21.9 Å². The summed E-state index contributed by atoms with van der Waals surface area (Å²) >= 11 is 13.5. The van der Waals surface area contributed by atoms with Crippen molar-refractivity contribution in [3.8, 4) is 11.3 Å². The topological polar surface area (TPSA) is 88.5 Å². The number of carbonyl (C=O) groups excluding carboxylic acids is 1. The summed E-state index contributed by atoms with van der Waals surface area (Å²) in [6.45, 7) is 3.28. The van der Waals surface area contributed by atoms with Gasteiger partial charge >= 0.3 is 12.1 Å². The number of carbonyl (C=O) groups is 1. The second kappa shape index (κ2) is 7.80. The van der Waals surface area contributed by atoms with Crippen LogP contribution in [0.15, 0.2) is 18.2 Å². The van der Waals surface area contributed by atoms with E-state index in [0.29, 0.717) is 23.2 Å². The van der Waals surface area contributed by atoms with Gasteiger partial charge in [0.15, 0.2) is 5.82 Å². The molecule has 1 aliphatic heterocycles. The standard InChI is InChI=1S/C18H17Cl2F3N6OS/c1-17(24)5-7-28(8-6-17)16-27-29-13(26-14(30)18(21,22)23)12(25-15(29)31-16)9-3-2-4-10(19)11(9)20/h2-4H,5-8,24H2,1H3,(H,26,30). The van der Waals surface area contributed by atoms with Crippen molar-refractivity contribution in [3.05, 3.63) is 28.2 Å². The van der Waals surface area contributed by atoms with Gasteiger partial charge in [-0.2, -0.15) is 17.7 Å². The Labute approximate surface area is 188 Å². The fourth-order valence-electron chi connectivity index (χ4n) is 3.24. The third-order valence-electron chi connectivity index (χ3n) is 5.07. The van der Waals surface area contributed by atoms with Crippen LogP contribution in [0.3, 0.4) is 0 Å². The molecule has 0 spiro atoms. The number of hydrogen-bond acceptors (Lipinski definition) is 6. The number of benzene rings is 1. The van der Waals surface area contributed by atoms with Crippen LogP contribution in [-0.2, 0) is 4.79 Å². The summed E-state index contributed by atoms with van der Waals surface area (Å²) in [5.74, 6) is -2.37. The van der Waals surface area contributed by atoms with Gasteiger partial charge in [-0.25, -0.2) is 4.98 Å². The molecule has 0 radical (unpaired) electrons. The van der Waals surface area contributed by atoms with Crippen molar-refractivity contribution in [3.63, 3.8) is 0 Å². The van der Waals surface area contributed by atoms with Gasteiger partial charge in [-0.05, 0) is 25.8 Å². The van der Waals surface area contributed by atoms with Crippen LogP contribution < -0.4 is 16.0 Å². The van der Waals surface area contributed by atoms with E-state index in [-0.39, 0.29) is 32.7 Å². The van der Waals surface area contributed by atoms with Crippen molar-refractivity contribution in [2.24, 2.45) is 5.73 Å². The number of nitrogens with two attached hydrogens (primary N) is 1. The Morgan fingerprint density at radius 2 is 1.97 bits per heavy atom. The highest BCUT2D eigenvalue weighted by molar-refractivity contribution is 7.20. The molecule has 0 atom stereocenters. The molecule has 0 saturated carbocycles. The molecular weight excluding hydrogens is 476 g/mol. The molecule has 31 heavy (non-hydrogen) atoms.